The highest BCUT2D eigenvalue weighted by Crippen LogP contribution is 2.12. The van der Waals surface area contributed by atoms with Crippen LogP contribution in [0, 0.1) is 11.8 Å². The van der Waals surface area contributed by atoms with Crippen molar-refractivity contribution in [2.75, 3.05) is 0 Å². The summed E-state index contributed by atoms with van der Waals surface area (Å²) in [4.78, 5) is 0. The van der Waals surface area contributed by atoms with Gasteiger partial charge < -0.3 is 4.74 Å². The molecule has 1 nitrogen and oxygen atoms in total. The summed E-state index contributed by atoms with van der Waals surface area (Å²) < 4.78 is 5.87. The molecular weight excluding hydrogens is 232 g/mol. The molecule has 1 aromatic carbocycles. The first-order valence-electron chi connectivity index (χ1n) is 7.32. The van der Waals surface area contributed by atoms with Crippen molar-refractivity contribution in [3.05, 3.63) is 35.9 Å². The third kappa shape index (κ3) is 7.70. The van der Waals surface area contributed by atoms with Crippen molar-refractivity contribution in [2.24, 2.45) is 0 Å². The van der Waals surface area contributed by atoms with Gasteiger partial charge in [-0.25, -0.2) is 0 Å². The average Bonchev–Trinajstić information content (AvgIpc) is 2.42. The van der Waals surface area contributed by atoms with Crippen molar-refractivity contribution in [2.45, 2.75) is 65.1 Å². The van der Waals surface area contributed by atoms with Crippen molar-refractivity contribution in [1.82, 2.24) is 0 Å². The minimum atomic E-state index is -0.361. The van der Waals surface area contributed by atoms with Crippen LogP contribution in [0.15, 0.2) is 30.3 Å². The zero-order chi connectivity index (χ0) is 14.0. The van der Waals surface area contributed by atoms with Crippen LogP contribution < -0.4 is 0 Å². The second-order valence-electron chi connectivity index (χ2n) is 5.40. The highest BCUT2D eigenvalue weighted by atomic mass is 16.5. The van der Waals surface area contributed by atoms with Crippen molar-refractivity contribution in [3.63, 3.8) is 0 Å². The molecule has 0 bridgehead atoms. The number of hydrogen-bond donors (Lipinski definition) is 0. The smallest absolute Gasteiger partial charge is 0.123 e. The second-order valence-corrected chi connectivity index (χ2v) is 5.40. The molecule has 0 unspecified atom stereocenters. The van der Waals surface area contributed by atoms with E-state index in [9.17, 15) is 0 Å². The number of rotatable bonds is 7. The van der Waals surface area contributed by atoms with Gasteiger partial charge in [0.15, 0.2) is 0 Å². The Hall–Kier alpha value is -1.26. The minimum absolute atomic E-state index is 0.361. The lowest BCUT2D eigenvalue weighted by atomic mass is 10.1. The molecule has 1 heteroatoms. The summed E-state index contributed by atoms with van der Waals surface area (Å²) in [6.07, 6.45) is 6.07. The highest BCUT2D eigenvalue weighted by Gasteiger charge is 2.14. The van der Waals surface area contributed by atoms with Gasteiger partial charge in [-0.15, -0.1) is 5.92 Å². The van der Waals surface area contributed by atoms with Crippen LogP contribution in [0.2, 0.25) is 0 Å². The molecule has 1 rings (SSSR count). The van der Waals surface area contributed by atoms with Gasteiger partial charge in [-0.3, -0.25) is 0 Å². The first-order valence-corrected chi connectivity index (χ1v) is 7.32. The molecule has 0 spiro atoms. The monoisotopic (exact) mass is 258 g/mol. The van der Waals surface area contributed by atoms with Gasteiger partial charge in [-0.1, -0.05) is 62.4 Å². The van der Waals surface area contributed by atoms with E-state index in [1.165, 1.54) is 31.2 Å². The van der Waals surface area contributed by atoms with Crippen molar-refractivity contribution in [3.8, 4) is 11.8 Å². The van der Waals surface area contributed by atoms with Crippen LogP contribution in [0.4, 0.5) is 0 Å². The third-order valence-corrected chi connectivity index (χ3v) is 2.99. The molecule has 0 aliphatic carbocycles. The summed E-state index contributed by atoms with van der Waals surface area (Å²) in [5, 5.41) is 0. The molecule has 0 fully saturated rings. The van der Waals surface area contributed by atoms with E-state index in [1.807, 2.05) is 32.0 Å². The van der Waals surface area contributed by atoms with E-state index < -0.39 is 0 Å². The number of unbranched alkanes of at least 4 members (excludes halogenated alkanes) is 4. The van der Waals surface area contributed by atoms with Crippen LogP contribution in [0.25, 0.3) is 0 Å². The molecule has 0 heterocycles. The average molecular weight is 258 g/mol. The Balaban J connectivity index is 2.29. The Morgan fingerprint density at radius 3 is 2.47 bits per heavy atom. The maximum Gasteiger partial charge on any atom is 0.123 e. The molecule has 0 radical (unpaired) electrons. The molecule has 0 aliphatic heterocycles. The van der Waals surface area contributed by atoms with Gasteiger partial charge in [0.1, 0.15) is 5.60 Å². The fraction of sp³-hybridized carbons (Fsp3) is 0.556. The molecule has 0 aromatic heterocycles. The van der Waals surface area contributed by atoms with Crippen LogP contribution in [-0.2, 0) is 11.3 Å². The van der Waals surface area contributed by atoms with Gasteiger partial charge >= 0.3 is 0 Å². The second kappa shape index (κ2) is 8.77. The topological polar surface area (TPSA) is 9.23 Å². The number of ether oxygens (including phenoxy) is 1. The summed E-state index contributed by atoms with van der Waals surface area (Å²) in [6.45, 7) is 6.93. The predicted molar refractivity (Wildman–Crippen MR) is 81.8 cm³/mol. The van der Waals surface area contributed by atoms with Crippen LogP contribution in [-0.4, -0.2) is 5.60 Å². The lowest BCUT2D eigenvalue weighted by Gasteiger charge is -2.18. The first kappa shape index (κ1) is 15.8. The van der Waals surface area contributed by atoms with E-state index in [1.54, 1.807) is 0 Å². The first-order chi connectivity index (χ1) is 9.14. The van der Waals surface area contributed by atoms with Gasteiger partial charge in [0.25, 0.3) is 0 Å². The summed E-state index contributed by atoms with van der Waals surface area (Å²) in [6, 6.07) is 10.2. The fourth-order valence-corrected chi connectivity index (χ4v) is 1.79. The lowest BCUT2D eigenvalue weighted by Crippen LogP contribution is -2.21. The molecule has 0 saturated carbocycles. The Morgan fingerprint density at radius 2 is 1.79 bits per heavy atom. The van der Waals surface area contributed by atoms with Crippen LogP contribution in [0.5, 0.6) is 0 Å². The maximum atomic E-state index is 5.87. The molecular formula is C18H26O. The summed E-state index contributed by atoms with van der Waals surface area (Å²) in [7, 11) is 0. The molecule has 0 saturated heterocycles. The van der Waals surface area contributed by atoms with E-state index in [0.29, 0.717) is 6.61 Å². The zero-order valence-corrected chi connectivity index (χ0v) is 12.5. The van der Waals surface area contributed by atoms with Crippen LogP contribution in [0.1, 0.15) is 58.4 Å². The summed E-state index contributed by atoms with van der Waals surface area (Å²) in [5.41, 5.74) is 0.834. The van der Waals surface area contributed by atoms with Crippen LogP contribution >= 0.6 is 0 Å². The normalized spacial score (nSPS) is 10.9. The molecule has 0 atom stereocenters. The maximum absolute atomic E-state index is 5.87. The van der Waals surface area contributed by atoms with Crippen molar-refractivity contribution in [1.29, 1.82) is 0 Å². The van der Waals surface area contributed by atoms with E-state index in [0.717, 1.165) is 6.42 Å². The Labute approximate surface area is 118 Å². The molecule has 0 N–H and O–H groups in total. The van der Waals surface area contributed by atoms with Gasteiger partial charge in [0, 0.05) is 6.42 Å². The van der Waals surface area contributed by atoms with Crippen molar-refractivity contribution >= 4 is 0 Å². The summed E-state index contributed by atoms with van der Waals surface area (Å²) in [5.74, 6) is 6.48. The van der Waals surface area contributed by atoms with Gasteiger partial charge in [0.2, 0.25) is 0 Å². The Kier molecular flexibility index (Phi) is 7.30. The van der Waals surface area contributed by atoms with Crippen molar-refractivity contribution < 1.29 is 4.74 Å². The molecule has 0 aliphatic rings. The Morgan fingerprint density at radius 1 is 1.05 bits per heavy atom. The molecule has 1 aromatic rings. The molecule has 104 valence electrons. The SMILES string of the molecule is CCCCCCC#CC(C)(C)OCc1ccccc1. The van der Waals surface area contributed by atoms with Crippen LogP contribution in [0.3, 0.4) is 0 Å². The van der Waals surface area contributed by atoms with Gasteiger partial charge in [-0.2, -0.15) is 0 Å². The number of hydrogen-bond acceptors (Lipinski definition) is 1. The lowest BCUT2D eigenvalue weighted by molar-refractivity contribution is 0.0143. The van der Waals surface area contributed by atoms with Gasteiger partial charge in [-0.05, 0) is 25.8 Å². The van der Waals surface area contributed by atoms with E-state index in [2.05, 4.69) is 30.9 Å². The molecule has 19 heavy (non-hydrogen) atoms. The standard InChI is InChI=1S/C18H26O/c1-4-5-6-7-8-12-15-18(2,3)19-16-17-13-10-9-11-14-17/h9-11,13-14H,4-8,16H2,1-3H3. The Bertz CT molecular complexity index is 395. The molecule has 0 amide bonds. The highest BCUT2D eigenvalue weighted by molar-refractivity contribution is 5.15. The van der Waals surface area contributed by atoms with E-state index >= 15 is 0 Å². The predicted octanol–water partition coefficient (Wildman–Crippen LogP) is 4.96. The van der Waals surface area contributed by atoms with Gasteiger partial charge in [0.05, 0.1) is 6.61 Å². The van der Waals surface area contributed by atoms with E-state index in [4.69, 9.17) is 4.74 Å². The quantitative estimate of drug-likeness (QED) is 0.496. The fourth-order valence-electron chi connectivity index (χ4n) is 1.79. The third-order valence-electron chi connectivity index (χ3n) is 2.99. The number of benzene rings is 1. The largest absolute Gasteiger partial charge is 0.358 e. The zero-order valence-electron chi connectivity index (χ0n) is 12.5. The van der Waals surface area contributed by atoms with E-state index in [-0.39, 0.29) is 5.60 Å². The minimum Gasteiger partial charge on any atom is -0.358 e. The summed E-state index contributed by atoms with van der Waals surface area (Å²) >= 11 is 0.